The first kappa shape index (κ1) is 15.9. The predicted octanol–water partition coefficient (Wildman–Crippen LogP) is 1.98. The van der Waals surface area contributed by atoms with Gasteiger partial charge in [-0.05, 0) is 32.4 Å². The minimum atomic E-state index is -0.122. The number of hydrogen-bond donors (Lipinski definition) is 0. The van der Waals surface area contributed by atoms with Gasteiger partial charge in [0.25, 0.3) is 0 Å². The van der Waals surface area contributed by atoms with Crippen LogP contribution in [0.2, 0.25) is 0 Å². The maximum absolute atomic E-state index is 11.9. The molecule has 0 aliphatic carbocycles. The molecule has 0 fully saturated rings. The lowest BCUT2D eigenvalue weighted by Crippen LogP contribution is -2.40. The number of nitrogens with zero attached hydrogens (tertiary/aromatic N) is 3. The van der Waals surface area contributed by atoms with Crippen LogP contribution in [0.15, 0.2) is 29.3 Å². The lowest BCUT2D eigenvalue weighted by Gasteiger charge is -2.23. The smallest absolute Gasteiger partial charge is 0.242 e. The minimum absolute atomic E-state index is 0.00639. The summed E-state index contributed by atoms with van der Waals surface area (Å²) in [6, 6.07) is 7.70. The van der Waals surface area contributed by atoms with Gasteiger partial charge < -0.3 is 4.90 Å². The summed E-state index contributed by atoms with van der Waals surface area (Å²) in [4.78, 5) is 30.0. The number of likely N-dealkylation sites (N-methyl/N-ethyl adjacent to an activating group) is 1. The Kier molecular flexibility index (Phi) is 5.90. The van der Waals surface area contributed by atoms with Crippen LogP contribution in [-0.4, -0.2) is 48.1 Å². The van der Waals surface area contributed by atoms with E-state index in [1.807, 2.05) is 45.0 Å². The summed E-state index contributed by atoms with van der Waals surface area (Å²) in [5.41, 5.74) is 1.80. The highest BCUT2D eigenvalue weighted by atomic mass is 16.2. The van der Waals surface area contributed by atoms with E-state index in [9.17, 15) is 9.59 Å². The van der Waals surface area contributed by atoms with E-state index in [1.54, 1.807) is 11.9 Å². The Balaban J connectivity index is 2.71. The number of benzene rings is 1. The third kappa shape index (κ3) is 4.50. The molecule has 0 N–H and O–H groups in total. The van der Waals surface area contributed by atoms with Crippen LogP contribution in [-0.2, 0) is 9.59 Å². The molecule has 0 spiro atoms. The topological polar surface area (TPSA) is 53.0 Å². The van der Waals surface area contributed by atoms with E-state index in [0.29, 0.717) is 6.41 Å². The summed E-state index contributed by atoms with van der Waals surface area (Å²) < 4.78 is 0. The molecular weight excluding hydrogens is 254 g/mol. The summed E-state index contributed by atoms with van der Waals surface area (Å²) in [5, 5.41) is 0. The Morgan fingerprint density at radius 2 is 2.00 bits per heavy atom. The van der Waals surface area contributed by atoms with Gasteiger partial charge in [0.15, 0.2) is 0 Å². The molecule has 0 bridgehead atoms. The van der Waals surface area contributed by atoms with Crippen molar-refractivity contribution in [3.8, 4) is 0 Å². The second-order valence-corrected chi connectivity index (χ2v) is 4.91. The first-order valence-corrected chi connectivity index (χ1v) is 6.52. The van der Waals surface area contributed by atoms with Crippen LogP contribution in [0.5, 0.6) is 0 Å². The number of amides is 2. The van der Waals surface area contributed by atoms with E-state index in [4.69, 9.17) is 0 Å². The standard InChI is InChI=1S/C15H21N3O2/c1-12(2)17(4)15(20)9-18(11-19)10-16-14-8-6-5-7-13(14)3/h5-8,10-12H,9H2,1-4H3. The van der Waals surface area contributed by atoms with Crippen molar-refractivity contribution in [2.24, 2.45) is 4.99 Å². The number of carbonyl (C=O) groups is 2. The van der Waals surface area contributed by atoms with Crippen molar-refractivity contribution in [1.82, 2.24) is 9.80 Å². The van der Waals surface area contributed by atoms with Gasteiger partial charge in [0, 0.05) is 13.1 Å². The SMILES string of the molecule is Cc1ccccc1N=CN(C=O)CC(=O)N(C)C(C)C. The van der Waals surface area contributed by atoms with Gasteiger partial charge in [0.1, 0.15) is 6.54 Å². The predicted molar refractivity (Wildman–Crippen MR) is 80.0 cm³/mol. The molecule has 108 valence electrons. The molecule has 1 rings (SSSR count). The molecule has 0 saturated heterocycles. The molecule has 0 aromatic heterocycles. The van der Waals surface area contributed by atoms with Crippen LogP contribution < -0.4 is 0 Å². The molecule has 2 amide bonds. The molecule has 0 aliphatic rings. The van der Waals surface area contributed by atoms with Crippen molar-refractivity contribution in [2.75, 3.05) is 13.6 Å². The number of aryl methyl sites for hydroxylation is 1. The number of rotatable bonds is 6. The molecule has 0 saturated carbocycles. The van der Waals surface area contributed by atoms with E-state index >= 15 is 0 Å². The van der Waals surface area contributed by atoms with Crippen LogP contribution in [0.3, 0.4) is 0 Å². The van der Waals surface area contributed by atoms with Gasteiger partial charge in [-0.25, -0.2) is 4.99 Å². The summed E-state index contributed by atoms with van der Waals surface area (Å²) in [5.74, 6) is -0.122. The maximum Gasteiger partial charge on any atom is 0.242 e. The fraction of sp³-hybridized carbons (Fsp3) is 0.400. The number of para-hydroxylation sites is 1. The number of aliphatic imine (C=N–C) groups is 1. The molecule has 5 nitrogen and oxygen atoms in total. The average Bonchev–Trinajstić information content (AvgIpc) is 2.43. The molecule has 5 heteroatoms. The second kappa shape index (κ2) is 7.43. The Hall–Kier alpha value is -2.17. The van der Waals surface area contributed by atoms with Crippen molar-refractivity contribution in [1.29, 1.82) is 0 Å². The Morgan fingerprint density at radius 3 is 2.55 bits per heavy atom. The Morgan fingerprint density at radius 1 is 1.35 bits per heavy atom. The van der Waals surface area contributed by atoms with Gasteiger partial charge >= 0.3 is 0 Å². The lowest BCUT2D eigenvalue weighted by molar-refractivity contribution is -0.133. The normalized spacial score (nSPS) is 10.8. The van der Waals surface area contributed by atoms with Crippen LogP contribution in [0.4, 0.5) is 5.69 Å². The maximum atomic E-state index is 11.9. The van der Waals surface area contributed by atoms with Gasteiger partial charge in [-0.15, -0.1) is 0 Å². The zero-order valence-electron chi connectivity index (χ0n) is 12.4. The Bertz CT molecular complexity index is 498. The van der Waals surface area contributed by atoms with Gasteiger partial charge in [0.2, 0.25) is 12.3 Å². The minimum Gasteiger partial charge on any atom is -0.342 e. The van der Waals surface area contributed by atoms with E-state index in [0.717, 1.165) is 11.3 Å². The molecule has 1 aromatic carbocycles. The number of hydrogen-bond acceptors (Lipinski definition) is 3. The first-order valence-electron chi connectivity index (χ1n) is 6.52. The highest BCUT2D eigenvalue weighted by molar-refractivity contribution is 5.85. The van der Waals surface area contributed by atoms with Crippen LogP contribution in [0.1, 0.15) is 19.4 Å². The second-order valence-electron chi connectivity index (χ2n) is 4.91. The Labute approximate surface area is 119 Å². The highest BCUT2D eigenvalue weighted by Gasteiger charge is 2.14. The monoisotopic (exact) mass is 275 g/mol. The van der Waals surface area contributed by atoms with E-state index in [1.165, 1.54) is 11.2 Å². The largest absolute Gasteiger partial charge is 0.342 e. The number of carbonyl (C=O) groups excluding carboxylic acids is 2. The summed E-state index contributed by atoms with van der Waals surface area (Å²) >= 11 is 0. The third-order valence-corrected chi connectivity index (χ3v) is 3.08. The lowest BCUT2D eigenvalue weighted by atomic mass is 10.2. The highest BCUT2D eigenvalue weighted by Crippen LogP contribution is 2.16. The average molecular weight is 275 g/mol. The molecule has 1 aromatic rings. The van der Waals surface area contributed by atoms with E-state index < -0.39 is 0 Å². The zero-order chi connectivity index (χ0) is 15.1. The van der Waals surface area contributed by atoms with Crippen LogP contribution in [0.25, 0.3) is 0 Å². The molecule has 20 heavy (non-hydrogen) atoms. The zero-order valence-corrected chi connectivity index (χ0v) is 12.4. The molecule has 0 atom stereocenters. The molecule has 0 heterocycles. The quantitative estimate of drug-likeness (QED) is 0.453. The van der Waals surface area contributed by atoms with Crippen molar-refractivity contribution in [2.45, 2.75) is 26.8 Å². The van der Waals surface area contributed by atoms with Crippen molar-refractivity contribution in [3.63, 3.8) is 0 Å². The van der Waals surface area contributed by atoms with E-state index in [2.05, 4.69) is 4.99 Å². The third-order valence-electron chi connectivity index (χ3n) is 3.08. The van der Waals surface area contributed by atoms with E-state index in [-0.39, 0.29) is 18.5 Å². The summed E-state index contributed by atoms with van der Waals surface area (Å²) in [7, 11) is 1.72. The molecule has 0 unspecified atom stereocenters. The van der Waals surface area contributed by atoms with Gasteiger partial charge in [-0.3, -0.25) is 14.5 Å². The molecule has 0 radical (unpaired) electrons. The fourth-order valence-electron chi connectivity index (χ4n) is 1.51. The van der Waals surface area contributed by atoms with Crippen molar-refractivity contribution < 1.29 is 9.59 Å². The summed E-state index contributed by atoms with van der Waals surface area (Å²) in [6.07, 6.45) is 2.00. The summed E-state index contributed by atoms with van der Waals surface area (Å²) in [6.45, 7) is 5.78. The molecular formula is C15H21N3O2. The van der Waals surface area contributed by atoms with Gasteiger partial charge in [-0.1, -0.05) is 18.2 Å². The first-order chi connectivity index (χ1) is 9.45. The fourth-order valence-corrected chi connectivity index (χ4v) is 1.51. The van der Waals surface area contributed by atoms with Crippen molar-refractivity contribution in [3.05, 3.63) is 29.8 Å². The van der Waals surface area contributed by atoms with Crippen LogP contribution >= 0.6 is 0 Å². The van der Waals surface area contributed by atoms with Gasteiger partial charge in [-0.2, -0.15) is 0 Å². The van der Waals surface area contributed by atoms with Crippen LogP contribution in [0, 0.1) is 6.92 Å². The van der Waals surface area contributed by atoms with Crippen molar-refractivity contribution >= 4 is 24.3 Å². The van der Waals surface area contributed by atoms with Gasteiger partial charge in [0.05, 0.1) is 12.0 Å². The molecule has 0 aliphatic heterocycles.